The van der Waals surface area contributed by atoms with E-state index in [-0.39, 0.29) is 5.88 Å². The van der Waals surface area contributed by atoms with Crippen molar-refractivity contribution in [2.24, 2.45) is 0 Å². The fraction of sp³-hybridized carbons (Fsp3) is 0.800. The van der Waals surface area contributed by atoms with Crippen molar-refractivity contribution in [1.82, 2.24) is 5.32 Å². The van der Waals surface area contributed by atoms with Crippen LogP contribution in [0, 0.1) is 0 Å². The molecule has 0 spiro atoms. The second-order valence-electron chi connectivity index (χ2n) is 3.53. The van der Waals surface area contributed by atoms with Gasteiger partial charge in [-0.2, -0.15) is 0 Å². The number of hydrogen-bond donors (Lipinski definition) is 2. The van der Waals surface area contributed by atoms with Gasteiger partial charge in [-0.25, -0.2) is 4.79 Å². The lowest BCUT2D eigenvalue weighted by atomic mass is 9.89. The first kappa shape index (κ1) is 14.2. The van der Waals surface area contributed by atoms with Crippen LogP contribution in [-0.2, 0) is 9.59 Å². The molecule has 5 heteroatoms. The molecule has 88 valence electrons. The predicted octanol–water partition coefficient (Wildman–Crippen LogP) is 1.77. The van der Waals surface area contributed by atoms with E-state index in [9.17, 15) is 9.59 Å². The Morgan fingerprint density at radius 2 is 2.00 bits per heavy atom. The summed E-state index contributed by atoms with van der Waals surface area (Å²) in [6, 6.07) is 0. The second kappa shape index (κ2) is 6.67. The van der Waals surface area contributed by atoms with Gasteiger partial charge < -0.3 is 10.4 Å². The molecule has 0 bridgehead atoms. The third-order valence-corrected chi connectivity index (χ3v) is 2.71. The highest BCUT2D eigenvalue weighted by molar-refractivity contribution is 6.27. The molecule has 0 aromatic heterocycles. The molecule has 1 amide bonds. The van der Waals surface area contributed by atoms with Crippen molar-refractivity contribution < 1.29 is 14.7 Å². The molecule has 0 aromatic rings. The van der Waals surface area contributed by atoms with E-state index in [1.807, 2.05) is 6.92 Å². The van der Waals surface area contributed by atoms with Crippen LogP contribution in [-0.4, -0.2) is 28.4 Å². The van der Waals surface area contributed by atoms with Gasteiger partial charge in [0.05, 0.1) is 0 Å². The molecule has 4 nitrogen and oxygen atoms in total. The van der Waals surface area contributed by atoms with Crippen molar-refractivity contribution in [2.45, 2.75) is 45.1 Å². The van der Waals surface area contributed by atoms with Gasteiger partial charge in [-0.3, -0.25) is 4.79 Å². The molecule has 0 saturated carbocycles. The Morgan fingerprint density at radius 1 is 1.40 bits per heavy atom. The lowest BCUT2D eigenvalue weighted by molar-refractivity contribution is -0.148. The molecular formula is C10H18ClNO3. The third-order valence-electron chi connectivity index (χ3n) is 2.47. The van der Waals surface area contributed by atoms with Crippen LogP contribution in [0.25, 0.3) is 0 Å². The van der Waals surface area contributed by atoms with Crippen LogP contribution in [0.2, 0.25) is 0 Å². The second-order valence-corrected chi connectivity index (χ2v) is 3.79. The number of amides is 1. The Hall–Kier alpha value is -0.770. The molecule has 0 aliphatic rings. The summed E-state index contributed by atoms with van der Waals surface area (Å²) in [4.78, 5) is 22.3. The quantitative estimate of drug-likeness (QED) is 0.661. The maximum absolute atomic E-state index is 11.2. The van der Waals surface area contributed by atoms with Crippen LogP contribution in [0.15, 0.2) is 0 Å². The number of unbranched alkanes of at least 4 members (excludes halogenated alkanes) is 1. The van der Waals surface area contributed by atoms with Gasteiger partial charge in [0.25, 0.3) is 0 Å². The summed E-state index contributed by atoms with van der Waals surface area (Å²) in [5.41, 5.74) is -1.15. The molecule has 0 rings (SSSR count). The molecule has 0 aromatic carbocycles. The SMILES string of the molecule is CCCCC(CC)(NC(=O)CCl)C(=O)O. The Morgan fingerprint density at radius 3 is 2.33 bits per heavy atom. The number of nitrogens with one attached hydrogen (secondary N) is 1. The Labute approximate surface area is 95.0 Å². The number of rotatable bonds is 7. The first-order valence-corrected chi connectivity index (χ1v) is 5.66. The summed E-state index contributed by atoms with van der Waals surface area (Å²) in [7, 11) is 0. The summed E-state index contributed by atoms with van der Waals surface area (Å²) in [5, 5.41) is 11.6. The van der Waals surface area contributed by atoms with Crippen LogP contribution >= 0.6 is 11.6 Å². The van der Waals surface area contributed by atoms with Crippen LogP contribution in [0.5, 0.6) is 0 Å². The maximum Gasteiger partial charge on any atom is 0.329 e. The predicted molar refractivity (Wildman–Crippen MR) is 59.0 cm³/mol. The van der Waals surface area contributed by atoms with E-state index in [1.165, 1.54) is 0 Å². The molecule has 0 aliphatic carbocycles. The van der Waals surface area contributed by atoms with Crippen LogP contribution in [0.1, 0.15) is 39.5 Å². The minimum atomic E-state index is -1.15. The minimum absolute atomic E-state index is 0.207. The number of carbonyl (C=O) groups is 2. The summed E-state index contributed by atoms with van der Waals surface area (Å²) in [6.07, 6.45) is 2.47. The Bertz CT molecular complexity index is 233. The number of hydrogen-bond acceptors (Lipinski definition) is 2. The third kappa shape index (κ3) is 4.08. The number of alkyl halides is 1. The highest BCUT2D eigenvalue weighted by Gasteiger charge is 2.37. The van der Waals surface area contributed by atoms with E-state index in [1.54, 1.807) is 6.92 Å². The fourth-order valence-corrected chi connectivity index (χ4v) is 1.48. The zero-order valence-corrected chi connectivity index (χ0v) is 9.93. The van der Waals surface area contributed by atoms with E-state index in [0.29, 0.717) is 12.8 Å². The molecule has 0 aliphatic heterocycles. The van der Waals surface area contributed by atoms with Gasteiger partial charge in [0.2, 0.25) is 5.91 Å². The highest BCUT2D eigenvalue weighted by atomic mass is 35.5. The van der Waals surface area contributed by atoms with Crippen LogP contribution < -0.4 is 5.32 Å². The normalized spacial score (nSPS) is 14.3. The van der Waals surface area contributed by atoms with E-state index in [2.05, 4.69) is 5.32 Å². The number of halogens is 1. The summed E-state index contributed by atoms with van der Waals surface area (Å²) in [5.74, 6) is -1.63. The zero-order valence-electron chi connectivity index (χ0n) is 9.18. The summed E-state index contributed by atoms with van der Waals surface area (Å²) in [6.45, 7) is 3.73. The lowest BCUT2D eigenvalue weighted by Crippen LogP contribution is -2.54. The molecule has 0 radical (unpaired) electrons. The number of carbonyl (C=O) groups excluding carboxylic acids is 1. The largest absolute Gasteiger partial charge is 0.480 e. The average molecular weight is 236 g/mol. The fourth-order valence-electron chi connectivity index (χ4n) is 1.42. The van der Waals surface area contributed by atoms with Gasteiger partial charge in [0.1, 0.15) is 11.4 Å². The smallest absolute Gasteiger partial charge is 0.329 e. The first-order valence-electron chi connectivity index (χ1n) is 5.12. The highest BCUT2D eigenvalue weighted by Crippen LogP contribution is 2.19. The van der Waals surface area contributed by atoms with Crippen LogP contribution in [0.4, 0.5) is 0 Å². The summed E-state index contributed by atoms with van der Waals surface area (Å²) >= 11 is 5.35. The zero-order chi connectivity index (χ0) is 11.9. The van der Waals surface area contributed by atoms with Gasteiger partial charge in [0.15, 0.2) is 0 Å². The van der Waals surface area contributed by atoms with E-state index in [4.69, 9.17) is 16.7 Å². The standard InChI is InChI=1S/C10H18ClNO3/c1-3-5-6-10(4-2,9(14)15)12-8(13)7-11/h3-7H2,1-2H3,(H,12,13)(H,14,15). The number of aliphatic carboxylic acids is 1. The van der Waals surface area contributed by atoms with Crippen LogP contribution in [0.3, 0.4) is 0 Å². The topological polar surface area (TPSA) is 66.4 Å². The van der Waals surface area contributed by atoms with Gasteiger partial charge in [0, 0.05) is 0 Å². The molecule has 0 heterocycles. The van der Waals surface area contributed by atoms with E-state index >= 15 is 0 Å². The number of carboxylic acid groups (broad SMARTS) is 1. The van der Waals surface area contributed by atoms with Crippen molar-refractivity contribution in [3.63, 3.8) is 0 Å². The molecule has 0 fully saturated rings. The molecule has 2 N–H and O–H groups in total. The van der Waals surface area contributed by atoms with Gasteiger partial charge >= 0.3 is 5.97 Å². The maximum atomic E-state index is 11.2. The molecule has 15 heavy (non-hydrogen) atoms. The van der Waals surface area contributed by atoms with Crippen molar-refractivity contribution in [3.8, 4) is 0 Å². The average Bonchev–Trinajstić information content (AvgIpc) is 2.23. The van der Waals surface area contributed by atoms with Crippen molar-refractivity contribution in [2.75, 3.05) is 5.88 Å². The molecular weight excluding hydrogens is 218 g/mol. The van der Waals surface area contributed by atoms with Crippen molar-refractivity contribution in [3.05, 3.63) is 0 Å². The monoisotopic (exact) mass is 235 g/mol. The lowest BCUT2D eigenvalue weighted by Gasteiger charge is -2.29. The first-order chi connectivity index (χ1) is 7.02. The summed E-state index contributed by atoms with van der Waals surface area (Å²) < 4.78 is 0. The minimum Gasteiger partial charge on any atom is -0.480 e. The van der Waals surface area contributed by atoms with Gasteiger partial charge in [-0.15, -0.1) is 11.6 Å². The number of carboxylic acids is 1. The van der Waals surface area contributed by atoms with E-state index in [0.717, 1.165) is 12.8 Å². The van der Waals surface area contributed by atoms with E-state index < -0.39 is 17.4 Å². The van der Waals surface area contributed by atoms with Gasteiger partial charge in [-0.1, -0.05) is 26.7 Å². The van der Waals surface area contributed by atoms with Gasteiger partial charge in [-0.05, 0) is 12.8 Å². The Kier molecular flexibility index (Phi) is 6.32. The molecule has 1 unspecified atom stereocenters. The Balaban J connectivity index is 4.64. The van der Waals surface area contributed by atoms with Crippen molar-refractivity contribution in [1.29, 1.82) is 0 Å². The van der Waals surface area contributed by atoms with Crippen molar-refractivity contribution >= 4 is 23.5 Å². The molecule has 0 saturated heterocycles. The molecule has 1 atom stereocenters.